The van der Waals surface area contributed by atoms with Gasteiger partial charge in [-0.3, -0.25) is 0 Å². The Morgan fingerprint density at radius 2 is 1.56 bits per heavy atom. The van der Waals surface area contributed by atoms with Crippen LogP contribution in [0.25, 0.3) is 0 Å². The summed E-state index contributed by atoms with van der Waals surface area (Å²) in [7, 11) is 0. The van der Waals surface area contributed by atoms with Gasteiger partial charge in [-0.1, -0.05) is 6.08 Å². The molecule has 0 amide bonds. The monoisotopic (exact) mass is 269 g/mol. The van der Waals surface area contributed by atoms with Gasteiger partial charge >= 0.3 is 18.0 Å². The van der Waals surface area contributed by atoms with Crippen molar-refractivity contribution in [3.63, 3.8) is 0 Å². The molecular formula is C8H8F7S. The summed E-state index contributed by atoms with van der Waals surface area (Å²) in [4.78, 5) is 0. The Labute approximate surface area is 91.9 Å². The maximum Gasteiger partial charge on any atom is 0.460 e. The van der Waals surface area contributed by atoms with E-state index >= 15 is 0 Å². The van der Waals surface area contributed by atoms with Crippen molar-refractivity contribution in [1.82, 2.24) is 0 Å². The number of halogens is 7. The van der Waals surface area contributed by atoms with Crippen LogP contribution in [0.3, 0.4) is 0 Å². The topological polar surface area (TPSA) is 0 Å². The molecular weight excluding hydrogens is 261 g/mol. The Morgan fingerprint density at radius 1 is 1.12 bits per heavy atom. The predicted octanol–water partition coefficient (Wildman–Crippen LogP) is 4.29. The standard InChI is InChI=1S/C8H8F7S/c1-5(3-4-16-2)6(9,10)7(11,12)8(13,14)15/h3H,2,4H2,1H3/b5-3+. The van der Waals surface area contributed by atoms with Crippen LogP contribution in [-0.4, -0.2) is 23.8 Å². The van der Waals surface area contributed by atoms with Crippen LogP contribution in [-0.2, 0) is 0 Å². The molecule has 0 N–H and O–H groups in total. The van der Waals surface area contributed by atoms with Crippen LogP contribution in [0.2, 0.25) is 0 Å². The smallest absolute Gasteiger partial charge is 0.194 e. The Morgan fingerprint density at radius 3 is 1.88 bits per heavy atom. The molecule has 0 unspecified atom stereocenters. The highest BCUT2D eigenvalue weighted by molar-refractivity contribution is 8.00. The molecule has 0 nitrogen and oxygen atoms in total. The number of hydrogen-bond acceptors (Lipinski definition) is 1. The Hall–Kier alpha value is -0.400. The lowest BCUT2D eigenvalue weighted by Crippen LogP contribution is -2.52. The summed E-state index contributed by atoms with van der Waals surface area (Å²) in [5.41, 5.74) is -1.33. The highest BCUT2D eigenvalue weighted by Crippen LogP contribution is 2.49. The summed E-state index contributed by atoms with van der Waals surface area (Å²) in [6.45, 7) is 0.524. The molecule has 0 aliphatic carbocycles. The summed E-state index contributed by atoms with van der Waals surface area (Å²) >= 11 is 0.778. The third kappa shape index (κ3) is 2.83. The van der Waals surface area contributed by atoms with E-state index in [2.05, 4.69) is 6.26 Å². The predicted molar refractivity (Wildman–Crippen MR) is 47.5 cm³/mol. The molecule has 8 heteroatoms. The number of rotatable bonds is 4. The average Bonchev–Trinajstić information content (AvgIpc) is 2.11. The molecule has 0 aromatic rings. The van der Waals surface area contributed by atoms with Gasteiger partial charge in [-0.2, -0.15) is 42.5 Å². The molecule has 0 rings (SSSR count). The zero-order chi connectivity index (χ0) is 13.2. The van der Waals surface area contributed by atoms with Gasteiger partial charge in [0, 0.05) is 12.0 Å². The van der Waals surface area contributed by atoms with E-state index in [-0.39, 0.29) is 5.75 Å². The summed E-state index contributed by atoms with van der Waals surface area (Å²) in [5.74, 6) is -11.5. The van der Waals surface area contributed by atoms with Crippen LogP contribution in [0.1, 0.15) is 6.92 Å². The van der Waals surface area contributed by atoms with Gasteiger partial charge in [0.2, 0.25) is 0 Å². The number of alkyl halides is 7. The van der Waals surface area contributed by atoms with Crippen molar-refractivity contribution in [2.45, 2.75) is 24.9 Å². The fraction of sp³-hybridized carbons (Fsp3) is 0.625. The number of allylic oxidation sites excluding steroid dienone is 1. The molecule has 1 radical (unpaired) electrons. The third-order valence-corrected chi connectivity index (χ3v) is 2.16. The van der Waals surface area contributed by atoms with Crippen molar-refractivity contribution in [2.75, 3.05) is 5.75 Å². The van der Waals surface area contributed by atoms with E-state index in [9.17, 15) is 30.7 Å². The second-order valence-electron chi connectivity index (χ2n) is 2.90. The second-order valence-corrected chi connectivity index (χ2v) is 3.65. The summed E-state index contributed by atoms with van der Waals surface area (Å²) in [6, 6.07) is 0. The molecule has 16 heavy (non-hydrogen) atoms. The highest BCUT2D eigenvalue weighted by Gasteiger charge is 2.73. The molecule has 0 fully saturated rings. The zero-order valence-electron chi connectivity index (χ0n) is 8.05. The normalized spacial score (nSPS) is 15.4. The second kappa shape index (κ2) is 4.85. The first-order chi connectivity index (χ1) is 6.98. The molecule has 0 spiro atoms. The van der Waals surface area contributed by atoms with Crippen molar-refractivity contribution in [1.29, 1.82) is 0 Å². The first-order valence-electron chi connectivity index (χ1n) is 3.85. The molecule has 95 valence electrons. The molecule has 0 aliphatic rings. The first-order valence-corrected chi connectivity index (χ1v) is 5.00. The van der Waals surface area contributed by atoms with Gasteiger partial charge < -0.3 is 0 Å². The molecule has 0 aromatic carbocycles. The average molecular weight is 269 g/mol. The van der Waals surface area contributed by atoms with Crippen molar-refractivity contribution >= 4 is 11.8 Å². The van der Waals surface area contributed by atoms with Crippen molar-refractivity contribution < 1.29 is 30.7 Å². The van der Waals surface area contributed by atoms with Gasteiger partial charge in [0.25, 0.3) is 0 Å². The minimum absolute atomic E-state index is 0.171. The van der Waals surface area contributed by atoms with Gasteiger partial charge in [-0.25, -0.2) is 0 Å². The molecule has 0 aromatic heterocycles. The van der Waals surface area contributed by atoms with Crippen LogP contribution in [0, 0.1) is 6.26 Å². The minimum Gasteiger partial charge on any atom is -0.194 e. The van der Waals surface area contributed by atoms with Crippen LogP contribution >= 0.6 is 11.8 Å². The van der Waals surface area contributed by atoms with Gasteiger partial charge in [0.1, 0.15) is 0 Å². The van der Waals surface area contributed by atoms with E-state index < -0.39 is 23.6 Å². The van der Waals surface area contributed by atoms with E-state index in [0.717, 1.165) is 11.8 Å². The Kier molecular flexibility index (Phi) is 4.73. The van der Waals surface area contributed by atoms with Crippen LogP contribution in [0.4, 0.5) is 30.7 Å². The van der Waals surface area contributed by atoms with E-state index in [0.29, 0.717) is 13.0 Å². The Bertz CT molecular complexity index is 266. The number of hydrogen-bond donors (Lipinski definition) is 0. The number of thioether (sulfide) groups is 1. The molecule has 0 saturated heterocycles. The minimum atomic E-state index is -6.29. The Balaban J connectivity index is 5.19. The van der Waals surface area contributed by atoms with Gasteiger partial charge in [-0.15, -0.1) is 0 Å². The lowest BCUT2D eigenvalue weighted by atomic mass is 10.0. The van der Waals surface area contributed by atoms with Gasteiger partial charge in [-0.05, 0) is 12.5 Å². The molecule has 0 atom stereocenters. The summed E-state index contributed by atoms with van der Waals surface area (Å²) in [5, 5.41) is 0. The van der Waals surface area contributed by atoms with Gasteiger partial charge in [0.05, 0.1) is 0 Å². The van der Waals surface area contributed by atoms with E-state index in [1.165, 1.54) is 0 Å². The van der Waals surface area contributed by atoms with E-state index in [4.69, 9.17) is 0 Å². The molecule has 0 heterocycles. The SMILES string of the molecule is [CH2]SC/C=C(\C)C(F)(F)C(F)(F)C(F)(F)F. The molecule has 0 saturated carbocycles. The molecule has 0 aliphatic heterocycles. The third-order valence-electron chi connectivity index (χ3n) is 1.75. The van der Waals surface area contributed by atoms with Crippen LogP contribution in [0.15, 0.2) is 11.6 Å². The van der Waals surface area contributed by atoms with Crippen molar-refractivity contribution in [3.05, 3.63) is 17.9 Å². The fourth-order valence-electron chi connectivity index (χ4n) is 0.738. The van der Waals surface area contributed by atoms with E-state index in [1.54, 1.807) is 0 Å². The van der Waals surface area contributed by atoms with Crippen molar-refractivity contribution in [3.8, 4) is 0 Å². The van der Waals surface area contributed by atoms with Gasteiger partial charge in [0.15, 0.2) is 0 Å². The van der Waals surface area contributed by atoms with Crippen molar-refractivity contribution in [2.24, 2.45) is 0 Å². The summed E-state index contributed by atoms with van der Waals surface area (Å²) < 4.78 is 85.8. The quantitative estimate of drug-likeness (QED) is 0.542. The lowest BCUT2D eigenvalue weighted by Gasteiger charge is -2.28. The van der Waals surface area contributed by atoms with Crippen LogP contribution < -0.4 is 0 Å². The lowest BCUT2D eigenvalue weighted by molar-refractivity contribution is -0.344. The molecule has 0 bridgehead atoms. The van der Waals surface area contributed by atoms with Crippen LogP contribution in [0.5, 0.6) is 0 Å². The van der Waals surface area contributed by atoms with E-state index in [1.807, 2.05) is 0 Å². The zero-order valence-corrected chi connectivity index (χ0v) is 8.86. The summed E-state index contributed by atoms with van der Waals surface area (Å²) in [6.07, 6.45) is -2.53. The fourth-order valence-corrected chi connectivity index (χ4v) is 1.11. The maximum absolute atomic E-state index is 12.8. The largest absolute Gasteiger partial charge is 0.460 e. The first kappa shape index (κ1) is 15.6. The maximum atomic E-state index is 12.8. The highest BCUT2D eigenvalue weighted by atomic mass is 32.2.